The highest BCUT2D eigenvalue weighted by Crippen LogP contribution is 2.30. The molecular formula is C16H15FN2. The Bertz CT molecular complexity index is 685. The van der Waals surface area contributed by atoms with E-state index in [0.29, 0.717) is 6.54 Å². The number of nitrogens with two attached hydrogens (primary N) is 1. The largest absolute Gasteiger partial charge is 0.361 e. The van der Waals surface area contributed by atoms with E-state index < -0.39 is 0 Å². The van der Waals surface area contributed by atoms with Crippen LogP contribution in [0.1, 0.15) is 17.0 Å². The third-order valence-corrected chi connectivity index (χ3v) is 3.50. The summed E-state index contributed by atoms with van der Waals surface area (Å²) in [6.07, 6.45) is 1.99. The third-order valence-electron chi connectivity index (χ3n) is 3.50. The molecule has 0 aliphatic heterocycles. The van der Waals surface area contributed by atoms with Crippen LogP contribution in [0, 0.1) is 5.82 Å². The quantitative estimate of drug-likeness (QED) is 0.739. The fraction of sp³-hybridized carbons (Fsp3) is 0.125. The van der Waals surface area contributed by atoms with Gasteiger partial charge in [0.2, 0.25) is 0 Å². The van der Waals surface area contributed by atoms with E-state index in [2.05, 4.69) is 11.1 Å². The molecule has 0 radical (unpaired) electrons. The first kappa shape index (κ1) is 11.9. The minimum Gasteiger partial charge on any atom is -0.361 e. The number of hydrogen-bond donors (Lipinski definition) is 2. The number of halogens is 1. The maximum Gasteiger partial charge on any atom is 0.123 e. The Kier molecular flexibility index (Phi) is 3.05. The zero-order valence-electron chi connectivity index (χ0n) is 10.4. The highest BCUT2D eigenvalue weighted by molar-refractivity contribution is 5.84. The molecule has 1 heterocycles. The van der Waals surface area contributed by atoms with E-state index in [1.54, 1.807) is 12.1 Å². The first-order chi connectivity index (χ1) is 9.29. The number of hydrogen-bond acceptors (Lipinski definition) is 1. The summed E-state index contributed by atoms with van der Waals surface area (Å²) in [5.74, 6) is -0.143. The molecule has 3 N–H and O–H groups in total. The normalized spacial score (nSPS) is 12.7. The zero-order valence-corrected chi connectivity index (χ0v) is 10.4. The van der Waals surface area contributed by atoms with Crippen molar-refractivity contribution in [2.45, 2.75) is 5.92 Å². The number of aromatic amines is 1. The summed E-state index contributed by atoms with van der Waals surface area (Å²) in [7, 11) is 0. The molecule has 1 atom stereocenters. The minimum atomic E-state index is -0.224. The summed E-state index contributed by atoms with van der Waals surface area (Å²) in [5, 5.41) is 1.17. The zero-order chi connectivity index (χ0) is 13.2. The molecule has 0 aliphatic carbocycles. The van der Waals surface area contributed by atoms with Gasteiger partial charge in [0.15, 0.2) is 0 Å². The van der Waals surface area contributed by atoms with Crippen molar-refractivity contribution < 1.29 is 4.39 Å². The van der Waals surface area contributed by atoms with Crippen molar-refractivity contribution in [3.05, 3.63) is 71.7 Å². The van der Waals surface area contributed by atoms with Crippen LogP contribution >= 0.6 is 0 Å². The van der Waals surface area contributed by atoms with Crippen LogP contribution in [-0.2, 0) is 0 Å². The highest BCUT2D eigenvalue weighted by Gasteiger charge is 2.16. The number of para-hydroxylation sites is 1. The van der Waals surface area contributed by atoms with E-state index in [1.807, 2.05) is 24.4 Å². The molecule has 0 saturated heterocycles. The lowest BCUT2D eigenvalue weighted by Crippen LogP contribution is -2.13. The maximum absolute atomic E-state index is 13.0. The van der Waals surface area contributed by atoms with E-state index in [0.717, 1.165) is 16.6 Å². The van der Waals surface area contributed by atoms with Crippen molar-refractivity contribution >= 4 is 10.9 Å². The smallest absolute Gasteiger partial charge is 0.123 e. The summed E-state index contributed by atoms with van der Waals surface area (Å²) >= 11 is 0. The summed E-state index contributed by atoms with van der Waals surface area (Å²) in [6.45, 7) is 0.494. The average Bonchev–Trinajstić information content (AvgIpc) is 2.86. The van der Waals surface area contributed by atoms with Gasteiger partial charge in [-0.05, 0) is 29.3 Å². The molecule has 2 aromatic carbocycles. The molecule has 1 aromatic heterocycles. The van der Waals surface area contributed by atoms with Crippen molar-refractivity contribution in [3.63, 3.8) is 0 Å². The number of benzene rings is 2. The minimum absolute atomic E-state index is 0.0803. The van der Waals surface area contributed by atoms with Gasteiger partial charge in [-0.25, -0.2) is 4.39 Å². The molecule has 0 fully saturated rings. The van der Waals surface area contributed by atoms with Crippen molar-refractivity contribution in [2.75, 3.05) is 6.54 Å². The van der Waals surface area contributed by atoms with Crippen molar-refractivity contribution in [3.8, 4) is 0 Å². The molecule has 0 aliphatic rings. The van der Waals surface area contributed by atoms with Crippen LogP contribution in [0.25, 0.3) is 10.9 Å². The molecule has 3 aromatic rings. The second kappa shape index (κ2) is 4.86. The number of nitrogens with one attached hydrogen (secondary N) is 1. The third kappa shape index (κ3) is 2.13. The number of fused-ring (bicyclic) bond motifs is 1. The lowest BCUT2D eigenvalue weighted by atomic mass is 9.91. The summed E-state index contributed by atoms with van der Waals surface area (Å²) in [5.41, 5.74) is 9.21. The van der Waals surface area contributed by atoms with Gasteiger partial charge in [0.05, 0.1) is 0 Å². The van der Waals surface area contributed by atoms with E-state index in [-0.39, 0.29) is 11.7 Å². The Labute approximate surface area is 111 Å². The van der Waals surface area contributed by atoms with Gasteiger partial charge < -0.3 is 10.7 Å². The predicted molar refractivity (Wildman–Crippen MR) is 75.6 cm³/mol. The van der Waals surface area contributed by atoms with Gasteiger partial charge in [0.25, 0.3) is 0 Å². The SMILES string of the molecule is NC[C@@H](c1ccc(F)cc1)c1c[nH]c2ccccc12. The Morgan fingerprint density at radius 2 is 1.79 bits per heavy atom. The van der Waals surface area contributed by atoms with E-state index in [4.69, 9.17) is 5.73 Å². The molecule has 0 unspecified atom stereocenters. The topological polar surface area (TPSA) is 41.8 Å². The van der Waals surface area contributed by atoms with Crippen molar-refractivity contribution in [1.29, 1.82) is 0 Å². The first-order valence-electron chi connectivity index (χ1n) is 6.31. The summed E-state index contributed by atoms with van der Waals surface area (Å²) in [6, 6.07) is 14.7. The second-order valence-corrected chi connectivity index (χ2v) is 4.63. The molecule has 3 heteroatoms. The second-order valence-electron chi connectivity index (χ2n) is 4.63. The van der Waals surface area contributed by atoms with Crippen LogP contribution < -0.4 is 5.73 Å². The molecule has 2 nitrogen and oxygen atoms in total. The van der Waals surface area contributed by atoms with Gasteiger partial charge in [-0.3, -0.25) is 0 Å². The van der Waals surface area contributed by atoms with Gasteiger partial charge in [-0.1, -0.05) is 30.3 Å². The lowest BCUT2D eigenvalue weighted by molar-refractivity contribution is 0.626. The van der Waals surface area contributed by atoms with Crippen LogP contribution in [0.4, 0.5) is 4.39 Å². The van der Waals surface area contributed by atoms with Crippen molar-refractivity contribution in [2.24, 2.45) is 5.73 Å². The molecule has 0 spiro atoms. The molecule has 3 rings (SSSR count). The van der Waals surface area contributed by atoms with Crippen LogP contribution in [-0.4, -0.2) is 11.5 Å². The van der Waals surface area contributed by atoms with E-state index in [9.17, 15) is 4.39 Å². The van der Waals surface area contributed by atoms with Crippen LogP contribution in [0.15, 0.2) is 54.7 Å². The summed E-state index contributed by atoms with van der Waals surface area (Å²) < 4.78 is 13.0. The van der Waals surface area contributed by atoms with Gasteiger partial charge in [0.1, 0.15) is 5.82 Å². The van der Waals surface area contributed by atoms with Crippen molar-refractivity contribution in [1.82, 2.24) is 4.98 Å². The van der Waals surface area contributed by atoms with Crippen LogP contribution in [0.3, 0.4) is 0 Å². The van der Waals surface area contributed by atoms with E-state index >= 15 is 0 Å². The predicted octanol–water partition coefficient (Wildman–Crippen LogP) is 3.40. The number of aromatic nitrogens is 1. The van der Waals surface area contributed by atoms with Gasteiger partial charge in [0, 0.05) is 29.6 Å². The fourth-order valence-corrected chi connectivity index (χ4v) is 2.52. The first-order valence-corrected chi connectivity index (χ1v) is 6.31. The lowest BCUT2D eigenvalue weighted by Gasteiger charge is -2.14. The molecule has 19 heavy (non-hydrogen) atoms. The van der Waals surface area contributed by atoms with Crippen LogP contribution in [0.2, 0.25) is 0 Å². The van der Waals surface area contributed by atoms with Gasteiger partial charge in [-0.2, -0.15) is 0 Å². The molecule has 96 valence electrons. The molecule has 0 bridgehead atoms. The van der Waals surface area contributed by atoms with E-state index in [1.165, 1.54) is 17.5 Å². The summed E-state index contributed by atoms with van der Waals surface area (Å²) in [4.78, 5) is 3.25. The molecular weight excluding hydrogens is 239 g/mol. The monoisotopic (exact) mass is 254 g/mol. The molecule has 0 saturated carbocycles. The standard InChI is InChI=1S/C16H15FN2/c17-12-7-5-11(6-8-12)14(9-18)15-10-19-16-4-2-1-3-13(15)16/h1-8,10,14,19H,9,18H2/t14-/m0/s1. The average molecular weight is 254 g/mol. The van der Waals surface area contributed by atoms with Gasteiger partial charge >= 0.3 is 0 Å². The van der Waals surface area contributed by atoms with Gasteiger partial charge in [-0.15, -0.1) is 0 Å². The number of rotatable bonds is 3. The number of H-pyrrole nitrogens is 1. The Morgan fingerprint density at radius 1 is 1.05 bits per heavy atom. The fourth-order valence-electron chi connectivity index (χ4n) is 2.52. The Hall–Kier alpha value is -2.13. The van der Waals surface area contributed by atoms with Crippen LogP contribution in [0.5, 0.6) is 0 Å². The maximum atomic E-state index is 13.0. The molecule has 0 amide bonds. The Balaban J connectivity index is 2.09. The highest BCUT2D eigenvalue weighted by atomic mass is 19.1. The Morgan fingerprint density at radius 3 is 2.53 bits per heavy atom.